The second-order valence-corrected chi connectivity index (χ2v) is 6.07. The van der Waals surface area contributed by atoms with Crippen LogP contribution in [0.4, 0.5) is 0 Å². The van der Waals surface area contributed by atoms with E-state index in [2.05, 4.69) is 4.98 Å². The van der Waals surface area contributed by atoms with Crippen LogP contribution in [0.3, 0.4) is 0 Å². The van der Waals surface area contributed by atoms with Crippen molar-refractivity contribution in [2.45, 2.75) is 24.6 Å². The maximum atomic E-state index is 9.90. The Labute approximate surface area is 140 Å². The van der Waals surface area contributed by atoms with Gasteiger partial charge in [-0.3, -0.25) is 0 Å². The molecule has 0 radical (unpaired) electrons. The van der Waals surface area contributed by atoms with Gasteiger partial charge >= 0.3 is 0 Å². The van der Waals surface area contributed by atoms with E-state index in [-0.39, 0.29) is 10.8 Å². The van der Waals surface area contributed by atoms with Crippen molar-refractivity contribution in [2.75, 3.05) is 6.61 Å². The first-order valence-corrected chi connectivity index (χ1v) is 7.51. The zero-order valence-electron chi connectivity index (χ0n) is 11.0. The Morgan fingerprint density at radius 3 is 2.55 bits per heavy atom. The van der Waals surface area contributed by atoms with Crippen LogP contribution >= 0.6 is 34.8 Å². The molecule has 1 unspecified atom stereocenters. The van der Waals surface area contributed by atoms with Crippen molar-refractivity contribution < 1.29 is 24.8 Å². The molecule has 1 aliphatic rings. The number of H-pyrrole nitrogens is 1. The van der Waals surface area contributed by atoms with E-state index >= 15 is 0 Å². The minimum atomic E-state index is -1.30. The maximum absolute atomic E-state index is 9.90. The molecule has 1 aromatic carbocycles. The lowest BCUT2D eigenvalue weighted by Crippen LogP contribution is -2.35. The molecule has 120 valence electrons. The number of aromatic amines is 1. The number of fused-ring (bicyclic) bond motifs is 1. The molecule has 2 aromatic rings. The summed E-state index contributed by atoms with van der Waals surface area (Å²) < 4.78 is 10.8. The summed E-state index contributed by atoms with van der Waals surface area (Å²) in [7, 11) is 0. The second-order valence-electron chi connectivity index (χ2n) is 4.88. The standard InChI is InChI=1S/C13H12Cl3NO5/c14-4-1-5(15)9(16)10-8(4)6(2-17-10)21-13-12(20)11(19)7(3-18)22-13/h1-2,7,11-13,17-20H,3H2/t7-,11+,12?,13-/m1/s1. The molecule has 9 heteroatoms. The van der Waals surface area contributed by atoms with Gasteiger partial charge in [-0.1, -0.05) is 34.8 Å². The summed E-state index contributed by atoms with van der Waals surface area (Å²) in [5, 5.41) is 30.1. The first-order chi connectivity index (χ1) is 10.4. The van der Waals surface area contributed by atoms with Crippen LogP contribution in [-0.4, -0.2) is 51.5 Å². The van der Waals surface area contributed by atoms with E-state index < -0.39 is 31.2 Å². The number of rotatable bonds is 3. The first kappa shape index (κ1) is 16.1. The summed E-state index contributed by atoms with van der Waals surface area (Å²) in [6, 6.07) is 1.48. The number of ether oxygens (including phenoxy) is 2. The average molecular weight is 369 g/mol. The molecular weight excluding hydrogens is 357 g/mol. The molecule has 4 atom stereocenters. The summed E-state index contributed by atoms with van der Waals surface area (Å²) in [5.41, 5.74) is 0.487. The van der Waals surface area contributed by atoms with Crippen LogP contribution in [0.2, 0.25) is 15.1 Å². The summed E-state index contributed by atoms with van der Waals surface area (Å²) in [6.45, 7) is -0.436. The van der Waals surface area contributed by atoms with E-state index in [1.165, 1.54) is 12.3 Å². The highest BCUT2D eigenvalue weighted by molar-refractivity contribution is 6.47. The van der Waals surface area contributed by atoms with Gasteiger partial charge in [0.2, 0.25) is 6.29 Å². The fourth-order valence-corrected chi connectivity index (χ4v) is 3.12. The van der Waals surface area contributed by atoms with Gasteiger partial charge in [-0.25, -0.2) is 0 Å². The summed E-state index contributed by atoms with van der Waals surface area (Å²) in [4.78, 5) is 2.89. The third kappa shape index (κ3) is 2.55. The van der Waals surface area contributed by atoms with Crippen LogP contribution in [0.1, 0.15) is 0 Å². The molecule has 0 amide bonds. The Bertz CT molecular complexity index is 707. The van der Waals surface area contributed by atoms with Gasteiger partial charge < -0.3 is 29.8 Å². The van der Waals surface area contributed by atoms with Gasteiger partial charge in [0.1, 0.15) is 24.1 Å². The molecule has 2 heterocycles. The van der Waals surface area contributed by atoms with Gasteiger partial charge in [-0.15, -0.1) is 0 Å². The molecule has 0 bridgehead atoms. The van der Waals surface area contributed by atoms with Crippen LogP contribution in [0.15, 0.2) is 12.3 Å². The third-order valence-electron chi connectivity index (χ3n) is 3.51. The lowest BCUT2D eigenvalue weighted by atomic mass is 10.1. The van der Waals surface area contributed by atoms with Crippen LogP contribution in [-0.2, 0) is 4.74 Å². The summed E-state index contributed by atoms with van der Waals surface area (Å²) in [6.07, 6.45) is -3.11. The normalized spacial score (nSPS) is 28.5. The van der Waals surface area contributed by atoms with E-state index in [0.717, 1.165) is 0 Å². The molecule has 1 fully saturated rings. The largest absolute Gasteiger partial charge is 0.460 e. The zero-order valence-corrected chi connectivity index (χ0v) is 13.2. The molecule has 1 aromatic heterocycles. The van der Waals surface area contributed by atoms with Gasteiger partial charge in [0, 0.05) is 6.20 Å². The molecule has 0 aliphatic carbocycles. The molecule has 1 aliphatic heterocycles. The lowest BCUT2D eigenvalue weighted by molar-refractivity contribution is -0.115. The smallest absolute Gasteiger partial charge is 0.229 e. The van der Waals surface area contributed by atoms with Crippen molar-refractivity contribution in [1.82, 2.24) is 4.98 Å². The number of benzene rings is 1. The van der Waals surface area contributed by atoms with Crippen molar-refractivity contribution in [2.24, 2.45) is 0 Å². The predicted octanol–water partition coefficient (Wildman–Crippen LogP) is 1.95. The Morgan fingerprint density at radius 1 is 1.18 bits per heavy atom. The van der Waals surface area contributed by atoms with E-state index in [1.54, 1.807) is 0 Å². The number of aromatic nitrogens is 1. The zero-order chi connectivity index (χ0) is 16.0. The quantitative estimate of drug-likeness (QED) is 0.621. The van der Waals surface area contributed by atoms with E-state index in [9.17, 15) is 10.2 Å². The highest BCUT2D eigenvalue weighted by atomic mass is 35.5. The number of nitrogens with one attached hydrogen (secondary N) is 1. The molecule has 22 heavy (non-hydrogen) atoms. The summed E-state index contributed by atoms with van der Waals surface area (Å²) >= 11 is 18.2. The van der Waals surface area contributed by atoms with Crippen LogP contribution in [0.25, 0.3) is 10.9 Å². The molecule has 0 saturated carbocycles. The topological polar surface area (TPSA) is 94.9 Å². The number of hydrogen-bond acceptors (Lipinski definition) is 5. The number of halogens is 3. The van der Waals surface area contributed by atoms with Crippen molar-refractivity contribution in [1.29, 1.82) is 0 Å². The Morgan fingerprint density at radius 2 is 1.91 bits per heavy atom. The van der Waals surface area contributed by atoms with Crippen LogP contribution < -0.4 is 4.74 Å². The Hall–Kier alpha value is -0.730. The van der Waals surface area contributed by atoms with Crippen molar-refractivity contribution in [3.8, 4) is 5.75 Å². The highest BCUT2D eigenvalue weighted by Crippen LogP contribution is 2.41. The number of hydrogen-bond donors (Lipinski definition) is 4. The maximum Gasteiger partial charge on any atom is 0.229 e. The van der Waals surface area contributed by atoms with E-state index in [4.69, 9.17) is 49.4 Å². The predicted molar refractivity (Wildman–Crippen MR) is 81.7 cm³/mol. The number of aliphatic hydroxyl groups is 3. The molecule has 4 N–H and O–H groups in total. The highest BCUT2D eigenvalue weighted by Gasteiger charge is 2.44. The summed E-state index contributed by atoms with van der Waals surface area (Å²) in [5.74, 6) is 0.286. The number of aliphatic hydroxyl groups excluding tert-OH is 3. The molecular formula is C13H12Cl3NO5. The minimum Gasteiger partial charge on any atom is -0.460 e. The van der Waals surface area contributed by atoms with Crippen molar-refractivity contribution in [3.05, 3.63) is 27.3 Å². The first-order valence-electron chi connectivity index (χ1n) is 6.37. The Balaban J connectivity index is 1.94. The average Bonchev–Trinajstić information content (AvgIpc) is 3.02. The van der Waals surface area contributed by atoms with Gasteiger partial charge in [0.15, 0.2) is 0 Å². The van der Waals surface area contributed by atoms with Gasteiger partial charge in [0.25, 0.3) is 0 Å². The SMILES string of the molecule is OC[C@H]1O[C@@H](Oc2c[nH]c3c(Cl)c(Cl)cc(Cl)c23)C(O)[C@H]1O. The fourth-order valence-electron chi connectivity index (χ4n) is 2.36. The lowest BCUT2D eigenvalue weighted by Gasteiger charge is -2.16. The van der Waals surface area contributed by atoms with E-state index in [1.807, 2.05) is 0 Å². The fraction of sp³-hybridized carbons (Fsp3) is 0.385. The molecule has 1 saturated heterocycles. The van der Waals surface area contributed by atoms with Gasteiger partial charge in [-0.05, 0) is 6.07 Å². The monoisotopic (exact) mass is 367 g/mol. The molecule has 6 nitrogen and oxygen atoms in total. The van der Waals surface area contributed by atoms with Crippen molar-refractivity contribution >= 4 is 45.7 Å². The molecule has 0 spiro atoms. The van der Waals surface area contributed by atoms with Gasteiger partial charge in [-0.2, -0.15) is 0 Å². The second kappa shape index (κ2) is 6.05. The van der Waals surface area contributed by atoms with Crippen molar-refractivity contribution in [3.63, 3.8) is 0 Å². The third-order valence-corrected chi connectivity index (χ3v) is 4.59. The van der Waals surface area contributed by atoms with E-state index in [0.29, 0.717) is 20.9 Å². The Kier molecular flexibility index (Phi) is 4.44. The minimum absolute atomic E-state index is 0.286. The van der Waals surface area contributed by atoms with Crippen LogP contribution in [0.5, 0.6) is 5.75 Å². The molecule has 3 rings (SSSR count). The van der Waals surface area contributed by atoms with Gasteiger partial charge in [0.05, 0.1) is 32.6 Å². The van der Waals surface area contributed by atoms with Crippen LogP contribution in [0, 0.1) is 0 Å².